The van der Waals surface area contributed by atoms with Crippen molar-refractivity contribution in [1.82, 2.24) is 19.7 Å². The van der Waals surface area contributed by atoms with Crippen molar-refractivity contribution >= 4 is 34.9 Å². The minimum atomic E-state index is -0.591. The maximum atomic E-state index is 12.9. The van der Waals surface area contributed by atoms with Crippen molar-refractivity contribution in [3.05, 3.63) is 75.0 Å². The summed E-state index contributed by atoms with van der Waals surface area (Å²) in [5.41, 5.74) is 5.19. The summed E-state index contributed by atoms with van der Waals surface area (Å²) in [6.45, 7) is 9.08. The van der Waals surface area contributed by atoms with Gasteiger partial charge in [-0.1, -0.05) is 5.16 Å². The Bertz CT molecular complexity index is 1350. The first-order valence-electron chi connectivity index (χ1n) is 10.6. The van der Waals surface area contributed by atoms with Crippen molar-refractivity contribution < 1.29 is 18.8 Å². The monoisotopic (exact) mass is 496 g/mol. The average molecular weight is 497 g/mol. The Morgan fingerprint density at radius 3 is 2.65 bits per heavy atom. The van der Waals surface area contributed by atoms with Gasteiger partial charge in [-0.05, 0) is 52.8 Å². The number of ether oxygens (including phenoxy) is 1. The van der Waals surface area contributed by atoms with Gasteiger partial charge in [0.2, 0.25) is 5.78 Å². The van der Waals surface area contributed by atoms with Crippen LogP contribution in [0.2, 0.25) is 0 Å². The van der Waals surface area contributed by atoms with Crippen LogP contribution in [0, 0.1) is 34.6 Å². The van der Waals surface area contributed by atoms with Crippen LogP contribution < -0.4 is 0 Å². The molecule has 0 saturated heterocycles. The van der Waals surface area contributed by atoms with Crippen LogP contribution in [0.4, 0.5) is 0 Å². The minimum absolute atomic E-state index is 0.269. The second-order valence-electron chi connectivity index (χ2n) is 7.84. The number of hydrogen-bond acceptors (Lipinski definition) is 9. The lowest BCUT2D eigenvalue weighted by Gasteiger charge is -2.09. The molecule has 0 fully saturated rings. The van der Waals surface area contributed by atoms with Gasteiger partial charge in [-0.2, -0.15) is 0 Å². The van der Waals surface area contributed by atoms with Crippen molar-refractivity contribution in [2.45, 2.75) is 45.4 Å². The number of Topliss-reactive ketones (excluding diaryl/α,β-unsaturated/α-hetero) is 1. The summed E-state index contributed by atoms with van der Waals surface area (Å²) in [5, 5.41) is 7.25. The van der Waals surface area contributed by atoms with E-state index >= 15 is 0 Å². The number of aryl methyl sites for hydroxylation is 4. The summed E-state index contributed by atoms with van der Waals surface area (Å²) in [5.74, 6) is 0.433. The Labute approximate surface area is 205 Å². The van der Waals surface area contributed by atoms with E-state index in [2.05, 4.69) is 15.1 Å². The Balaban J connectivity index is 1.45. The predicted molar refractivity (Wildman–Crippen MR) is 130 cm³/mol. The van der Waals surface area contributed by atoms with Gasteiger partial charge in [0, 0.05) is 39.8 Å². The lowest BCUT2D eigenvalue weighted by Crippen LogP contribution is -2.16. The van der Waals surface area contributed by atoms with Gasteiger partial charge in [0.1, 0.15) is 10.8 Å². The highest BCUT2D eigenvalue weighted by Gasteiger charge is 2.21. The van der Waals surface area contributed by atoms with Crippen LogP contribution in [-0.4, -0.2) is 38.1 Å². The van der Waals surface area contributed by atoms with Crippen LogP contribution in [0.25, 0.3) is 5.13 Å². The summed E-state index contributed by atoms with van der Waals surface area (Å²) >= 11 is 2.91. The molecule has 34 heavy (non-hydrogen) atoms. The van der Waals surface area contributed by atoms with E-state index in [1.807, 2.05) is 44.6 Å². The van der Waals surface area contributed by atoms with E-state index in [1.54, 1.807) is 24.4 Å². The topological polar surface area (TPSA) is 100 Å². The van der Waals surface area contributed by atoms with E-state index in [4.69, 9.17) is 9.26 Å². The number of aromatic nitrogens is 4. The molecule has 4 aromatic rings. The molecule has 10 heteroatoms. The van der Waals surface area contributed by atoms with Crippen molar-refractivity contribution in [3.63, 3.8) is 0 Å². The first-order valence-corrected chi connectivity index (χ1v) is 12.4. The molecule has 8 nitrogen and oxygen atoms in total. The van der Waals surface area contributed by atoms with Crippen LogP contribution in [0.15, 0.2) is 39.3 Å². The number of ketones is 1. The van der Waals surface area contributed by atoms with E-state index in [1.165, 1.54) is 23.1 Å². The molecule has 0 aliphatic heterocycles. The van der Waals surface area contributed by atoms with Gasteiger partial charge in [-0.3, -0.25) is 9.36 Å². The molecule has 0 N–H and O–H groups in total. The SMILES string of the molecule is Cc1csc(-n2c(C)cc(C(=O)COC(=O)c3cccnc3SCc3c(C)noc3C)c2C)n1. The molecular formula is C24H24N4O4S2. The number of pyridine rings is 1. The van der Waals surface area contributed by atoms with Gasteiger partial charge in [0.25, 0.3) is 0 Å². The fourth-order valence-electron chi connectivity index (χ4n) is 3.58. The second kappa shape index (κ2) is 9.94. The van der Waals surface area contributed by atoms with Gasteiger partial charge in [0.05, 0.1) is 17.0 Å². The van der Waals surface area contributed by atoms with E-state index in [0.717, 1.165) is 39.2 Å². The highest BCUT2D eigenvalue weighted by Crippen LogP contribution is 2.28. The molecule has 0 atom stereocenters. The third-order valence-electron chi connectivity index (χ3n) is 5.39. The Morgan fingerprint density at radius 1 is 1.18 bits per heavy atom. The summed E-state index contributed by atoms with van der Waals surface area (Å²) < 4.78 is 12.5. The highest BCUT2D eigenvalue weighted by molar-refractivity contribution is 7.98. The lowest BCUT2D eigenvalue weighted by molar-refractivity contribution is 0.0470. The molecule has 0 saturated carbocycles. The van der Waals surface area contributed by atoms with Gasteiger partial charge in [-0.15, -0.1) is 23.1 Å². The molecule has 0 bridgehead atoms. The number of hydrogen-bond donors (Lipinski definition) is 0. The number of thiazole rings is 1. The summed E-state index contributed by atoms with van der Waals surface area (Å²) in [4.78, 5) is 34.5. The molecule has 4 aromatic heterocycles. The Morgan fingerprint density at radius 2 is 1.97 bits per heavy atom. The second-order valence-corrected chi connectivity index (χ2v) is 9.64. The largest absolute Gasteiger partial charge is 0.454 e. The third-order valence-corrected chi connectivity index (χ3v) is 7.36. The van der Waals surface area contributed by atoms with Crippen LogP contribution in [-0.2, 0) is 10.5 Å². The molecule has 0 radical (unpaired) electrons. The van der Waals surface area contributed by atoms with Gasteiger partial charge in [0.15, 0.2) is 11.7 Å². The first-order chi connectivity index (χ1) is 16.3. The van der Waals surface area contributed by atoms with Gasteiger partial charge < -0.3 is 9.26 Å². The molecule has 0 aromatic carbocycles. The normalized spacial score (nSPS) is 11.1. The predicted octanol–water partition coefficient (Wildman–Crippen LogP) is 5.19. The smallest absolute Gasteiger partial charge is 0.341 e. The van der Waals surface area contributed by atoms with Crippen LogP contribution in [0.1, 0.15) is 54.8 Å². The number of rotatable bonds is 8. The number of esters is 1. The zero-order valence-electron chi connectivity index (χ0n) is 19.5. The number of carbonyl (C=O) groups excluding carboxylic acids is 2. The van der Waals surface area contributed by atoms with Crippen molar-refractivity contribution in [2.24, 2.45) is 0 Å². The molecule has 0 amide bonds. The van der Waals surface area contributed by atoms with Crippen molar-refractivity contribution in [3.8, 4) is 5.13 Å². The summed E-state index contributed by atoms with van der Waals surface area (Å²) in [6, 6.07) is 5.12. The maximum absolute atomic E-state index is 12.9. The number of carbonyl (C=O) groups is 2. The van der Waals surface area contributed by atoms with Crippen molar-refractivity contribution in [1.29, 1.82) is 0 Å². The molecule has 0 spiro atoms. The first kappa shape index (κ1) is 23.9. The lowest BCUT2D eigenvalue weighted by atomic mass is 10.1. The van der Waals surface area contributed by atoms with Gasteiger partial charge in [-0.25, -0.2) is 14.8 Å². The Hall–Kier alpha value is -3.24. The summed E-state index contributed by atoms with van der Waals surface area (Å²) in [7, 11) is 0. The molecule has 4 rings (SSSR count). The fourth-order valence-corrected chi connectivity index (χ4v) is 5.63. The maximum Gasteiger partial charge on any atom is 0.341 e. The van der Waals surface area contributed by atoms with E-state index < -0.39 is 5.97 Å². The van der Waals surface area contributed by atoms with E-state index in [0.29, 0.717) is 21.9 Å². The summed E-state index contributed by atoms with van der Waals surface area (Å²) in [6.07, 6.45) is 1.62. The molecular weight excluding hydrogens is 472 g/mol. The molecule has 0 aliphatic rings. The zero-order chi connectivity index (χ0) is 24.4. The molecule has 0 aliphatic carbocycles. The zero-order valence-corrected chi connectivity index (χ0v) is 21.2. The highest BCUT2D eigenvalue weighted by atomic mass is 32.2. The molecule has 0 unspecified atom stereocenters. The van der Waals surface area contributed by atoms with Crippen molar-refractivity contribution in [2.75, 3.05) is 6.61 Å². The average Bonchev–Trinajstić information content (AvgIpc) is 3.47. The molecule has 4 heterocycles. The Kier molecular flexibility index (Phi) is 6.99. The van der Waals surface area contributed by atoms with E-state index in [-0.39, 0.29) is 12.4 Å². The fraction of sp³-hybridized carbons (Fsp3) is 0.292. The number of nitrogens with zero attached hydrogens (tertiary/aromatic N) is 4. The minimum Gasteiger partial charge on any atom is -0.454 e. The third kappa shape index (κ3) is 4.83. The van der Waals surface area contributed by atoms with E-state index in [9.17, 15) is 9.59 Å². The van der Waals surface area contributed by atoms with Gasteiger partial charge >= 0.3 is 5.97 Å². The molecule has 176 valence electrons. The van der Waals surface area contributed by atoms with Crippen LogP contribution >= 0.6 is 23.1 Å². The van der Waals surface area contributed by atoms with Crippen LogP contribution in [0.3, 0.4) is 0 Å². The standard InChI is InChI=1S/C24H24N4O4S2/c1-13-11-34-24(26-13)28-14(2)9-19(16(28)4)21(29)10-31-23(30)18-7-6-8-25-22(18)33-12-20-15(3)27-32-17(20)5/h6-9,11H,10,12H2,1-5H3. The number of thioether (sulfide) groups is 1. The van der Waals surface area contributed by atoms with Crippen LogP contribution in [0.5, 0.6) is 0 Å². The quantitative estimate of drug-likeness (QED) is 0.187.